The number of nitrogens with two attached hydrogens (primary N) is 1. The zero-order valence-electron chi connectivity index (χ0n) is 10.1. The SMILES string of the molecule is COc1ccc(C2CCC(CN)CN2)cc1F. The van der Waals surface area contributed by atoms with Gasteiger partial charge in [-0.05, 0) is 49.5 Å². The molecule has 0 spiro atoms. The Labute approximate surface area is 101 Å². The van der Waals surface area contributed by atoms with E-state index in [1.54, 1.807) is 12.1 Å². The highest BCUT2D eigenvalue weighted by Gasteiger charge is 2.21. The van der Waals surface area contributed by atoms with E-state index in [9.17, 15) is 4.39 Å². The average molecular weight is 238 g/mol. The fraction of sp³-hybridized carbons (Fsp3) is 0.538. The van der Waals surface area contributed by atoms with Gasteiger partial charge in [0.1, 0.15) is 0 Å². The van der Waals surface area contributed by atoms with Crippen molar-refractivity contribution in [3.8, 4) is 5.75 Å². The molecule has 0 amide bonds. The summed E-state index contributed by atoms with van der Waals surface area (Å²) in [6, 6.07) is 5.39. The lowest BCUT2D eigenvalue weighted by molar-refractivity contribution is 0.319. The highest BCUT2D eigenvalue weighted by atomic mass is 19.1. The van der Waals surface area contributed by atoms with Crippen LogP contribution in [0.15, 0.2) is 18.2 Å². The number of benzene rings is 1. The number of nitrogens with one attached hydrogen (secondary N) is 1. The van der Waals surface area contributed by atoms with E-state index in [-0.39, 0.29) is 11.9 Å². The van der Waals surface area contributed by atoms with E-state index < -0.39 is 0 Å². The summed E-state index contributed by atoms with van der Waals surface area (Å²) in [5.41, 5.74) is 6.62. The molecule has 17 heavy (non-hydrogen) atoms. The van der Waals surface area contributed by atoms with Crippen molar-refractivity contribution in [1.29, 1.82) is 0 Å². The van der Waals surface area contributed by atoms with Crippen LogP contribution in [0.3, 0.4) is 0 Å². The van der Waals surface area contributed by atoms with E-state index in [4.69, 9.17) is 10.5 Å². The molecule has 0 bridgehead atoms. The molecule has 2 atom stereocenters. The van der Waals surface area contributed by atoms with Gasteiger partial charge in [0.25, 0.3) is 0 Å². The molecular formula is C13H19FN2O. The minimum Gasteiger partial charge on any atom is -0.494 e. The van der Waals surface area contributed by atoms with Gasteiger partial charge in [0.05, 0.1) is 7.11 Å². The van der Waals surface area contributed by atoms with E-state index in [2.05, 4.69) is 5.32 Å². The first-order valence-corrected chi connectivity index (χ1v) is 6.01. The summed E-state index contributed by atoms with van der Waals surface area (Å²) >= 11 is 0. The van der Waals surface area contributed by atoms with Crippen LogP contribution in [-0.2, 0) is 0 Å². The van der Waals surface area contributed by atoms with Crippen LogP contribution >= 0.6 is 0 Å². The first kappa shape index (κ1) is 12.3. The van der Waals surface area contributed by atoms with Gasteiger partial charge in [0.2, 0.25) is 0 Å². The summed E-state index contributed by atoms with van der Waals surface area (Å²) in [4.78, 5) is 0. The molecule has 0 saturated carbocycles. The molecule has 0 radical (unpaired) electrons. The fourth-order valence-electron chi connectivity index (χ4n) is 2.30. The molecule has 94 valence electrons. The molecule has 2 unspecified atom stereocenters. The number of hydrogen-bond acceptors (Lipinski definition) is 3. The predicted octanol–water partition coefficient (Wildman–Crippen LogP) is 1.83. The molecule has 1 saturated heterocycles. The van der Waals surface area contributed by atoms with E-state index in [1.807, 2.05) is 6.07 Å². The molecular weight excluding hydrogens is 219 g/mol. The maximum atomic E-state index is 13.6. The number of hydrogen-bond donors (Lipinski definition) is 2. The van der Waals surface area contributed by atoms with Gasteiger partial charge in [-0.3, -0.25) is 0 Å². The summed E-state index contributed by atoms with van der Waals surface area (Å²) in [6.45, 7) is 1.63. The maximum Gasteiger partial charge on any atom is 0.165 e. The van der Waals surface area contributed by atoms with Gasteiger partial charge in [0.15, 0.2) is 11.6 Å². The average Bonchev–Trinajstić information content (AvgIpc) is 2.39. The van der Waals surface area contributed by atoms with Crippen molar-refractivity contribution in [2.75, 3.05) is 20.2 Å². The van der Waals surface area contributed by atoms with Gasteiger partial charge in [-0.1, -0.05) is 6.07 Å². The van der Waals surface area contributed by atoms with Crippen LogP contribution in [0.25, 0.3) is 0 Å². The molecule has 1 aliphatic heterocycles. The number of rotatable bonds is 3. The van der Waals surface area contributed by atoms with Crippen molar-refractivity contribution >= 4 is 0 Å². The summed E-state index contributed by atoms with van der Waals surface area (Å²) in [6.07, 6.45) is 2.11. The van der Waals surface area contributed by atoms with Crippen LogP contribution in [0.4, 0.5) is 4.39 Å². The summed E-state index contributed by atoms with van der Waals surface area (Å²) in [5.74, 6) is 0.548. The topological polar surface area (TPSA) is 47.3 Å². The third-order valence-electron chi connectivity index (χ3n) is 3.43. The Bertz CT molecular complexity index is 376. The summed E-state index contributed by atoms with van der Waals surface area (Å²) in [7, 11) is 1.47. The van der Waals surface area contributed by atoms with E-state index >= 15 is 0 Å². The lowest BCUT2D eigenvalue weighted by Crippen LogP contribution is -2.36. The highest BCUT2D eigenvalue weighted by Crippen LogP contribution is 2.28. The zero-order chi connectivity index (χ0) is 12.3. The largest absolute Gasteiger partial charge is 0.494 e. The molecule has 1 heterocycles. The third-order valence-corrected chi connectivity index (χ3v) is 3.43. The molecule has 3 nitrogen and oxygen atoms in total. The van der Waals surface area contributed by atoms with Crippen molar-refractivity contribution in [2.24, 2.45) is 11.7 Å². The highest BCUT2D eigenvalue weighted by molar-refractivity contribution is 5.31. The first-order valence-electron chi connectivity index (χ1n) is 6.01. The van der Waals surface area contributed by atoms with Crippen LogP contribution in [0.5, 0.6) is 5.75 Å². The minimum absolute atomic E-state index is 0.234. The van der Waals surface area contributed by atoms with Crippen molar-refractivity contribution < 1.29 is 9.13 Å². The van der Waals surface area contributed by atoms with Crippen molar-refractivity contribution in [3.63, 3.8) is 0 Å². The van der Waals surface area contributed by atoms with Crippen LogP contribution in [-0.4, -0.2) is 20.2 Å². The summed E-state index contributed by atoms with van der Waals surface area (Å²) in [5, 5.41) is 3.41. The smallest absolute Gasteiger partial charge is 0.165 e. The maximum absolute atomic E-state index is 13.6. The van der Waals surface area contributed by atoms with Gasteiger partial charge in [-0.15, -0.1) is 0 Å². The third kappa shape index (κ3) is 2.76. The summed E-state index contributed by atoms with van der Waals surface area (Å²) < 4.78 is 18.5. The molecule has 1 fully saturated rings. The quantitative estimate of drug-likeness (QED) is 0.844. The van der Waals surface area contributed by atoms with Gasteiger partial charge in [-0.25, -0.2) is 4.39 Å². The molecule has 2 rings (SSSR count). The lowest BCUT2D eigenvalue weighted by atomic mass is 9.91. The number of halogens is 1. The standard InChI is InChI=1S/C13H19FN2O/c1-17-13-5-3-10(6-11(13)14)12-4-2-9(7-15)8-16-12/h3,5-6,9,12,16H,2,4,7-8,15H2,1H3. The molecule has 0 aromatic heterocycles. The predicted molar refractivity (Wildman–Crippen MR) is 65.5 cm³/mol. The monoisotopic (exact) mass is 238 g/mol. The van der Waals surface area contributed by atoms with Gasteiger partial charge < -0.3 is 15.8 Å². The Morgan fingerprint density at radius 2 is 2.29 bits per heavy atom. The molecule has 1 aliphatic rings. The van der Waals surface area contributed by atoms with Crippen molar-refractivity contribution in [3.05, 3.63) is 29.6 Å². The van der Waals surface area contributed by atoms with Crippen molar-refractivity contribution in [1.82, 2.24) is 5.32 Å². The van der Waals surface area contributed by atoms with Crippen LogP contribution in [0, 0.1) is 11.7 Å². The Kier molecular flexibility index (Phi) is 3.97. The van der Waals surface area contributed by atoms with Crippen LogP contribution in [0.1, 0.15) is 24.4 Å². The van der Waals surface area contributed by atoms with E-state index in [1.165, 1.54) is 7.11 Å². The number of ether oxygens (including phenoxy) is 1. The minimum atomic E-state index is -0.298. The number of methoxy groups -OCH3 is 1. The second-order valence-electron chi connectivity index (χ2n) is 4.53. The molecule has 1 aromatic rings. The van der Waals surface area contributed by atoms with E-state index in [0.29, 0.717) is 11.7 Å². The Morgan fingerprint density at radius 3 is 2.82 bits per heavy atom. The van der Waals surface area contributed by atoms with Gasteiger partial charge in [-0.2, -0.15) is 0 Å². The molecule has 3 N–H and O–H groups in total. The molecule has 1 aromatic carbocycles. The Balaban J connectivity index is 2.06. The Morgan fingerprint density at radius 1 is 1.47 bits per heavy atom. The Hall–Kier alpha value is -1.13. The van der Waals surface area contributed by atoms with Gasteiger partial charge >= 0.3 is 0 Å². The van der Waals surface area contributed by atoms with Crippen LogP contribution in [0.2, 0.25) is 0 Å². The van der Waals surface area contributed by atoms with Crippen LogP contribution < -0.4 is 15.8 Å². The number of piperidine rings is 1. The second kappa shape index (κ2) is 5.47. The zero-order valence-corrected chi connectivity index (χ0v) is 10.1. The lowest BCUT2D eigenvalue weighted by Gasteiger charge is -2.29. The fourth-order valence-corrected chi connectivity index (χ4v) is 2.30. The van der Waals surface area contributed by atoms with Crippen molar-refractivity contribution in [2.45, 2.75) is 18.9 Å². The normalized spacial score (nSPS) is 24.6. The first-order chi connectivity index (χ1) is 8.24. The molecule has 0 aliphatic carbocycles. The molecule has 4 heteroatoms. The van der Waals surface area contributed by atoms with E-state index in [0.717, 1.165) is 31.5 Å². The second-order valence-corrected chi connectivity index (χ2v) is 4.53. The van der Waals surface area contributed by atoms with Gasteiger partial charge in [0, 0.05) is 6.04 Å².